The highest BCUT2D eigenvalue weighted by atomic mass is 16.5. The van der Waals surface area contributed by atoms with Crippen LogP contribution in [0.3, 0.4) is 0 Å². The topological polar surface area (TPSA) is 39.7 Å². The molecule has 4 heteroatoms. The van der Waals surface area contributed by atoms with Gasteiger partial charge in [-0.1, -0.05) is 36.4 Å². The maximum absolute atomic E-state index is 5.96. The van der Waals surface area contributed by atoms with Crippen molar-refractivity contribution in [1.82, 2.24) is 0 Å². The van der Waals surface area contributed by atoms with Gasteiger partial charge in [0.05, 0.1) is 6.54 Å². The first-order chi connectivity index (χ1) is 13.7. The summed E-state index contributed by atoms with van der Waals surface area (Å²) >= 11 is 0. The van der Waals surface area contributed by atoms with Crippen LogP contribution in [0.5, 0.6) is 17.2 Å². The first-order valence-corrected chi connectivity index (χ1v) is 9.57. The van der Waals surface area contributed by atoms with Gasteiger partial charge in [0, 0.05) is 11.8 Å². The van der Waals surface area contributed by atoms with E-state index in [9.17, 15) is 0 Å². The molecule has 0 saturated carbocycles. The van der Waals surface area contributed by atoms with Crippen LogP contribution in [0.25, 0.3) is 0 Å². The molecule has 0 amide bonds. The zero-order chi connectivity index (χ0) is 19.6. The number of nitrogens with one attached hydrogen (secondary N) is 1. The van der Waals surface area contributed by atoms with Gasteiger partial charge in [-0.3, -0.25) is 0 Å². The summed E-state index contributed by atoms with van der Waals surface area (Å²) in [5, 5.41) is 3.40. The van der Waals surface area contributed by atoms with Gasteiger partial charge in [-0.15, -0.1) is 0 Å². The van der Waals surface area contributed by atoms with Crippen molar-refractivity contribution < 1.29 is 14.2 Å². The van der Waals surface area contributed by atoms with E-state index in [-0.39, 0.29) is 6.10 Å². The maximum atomic E-state index is 5.96. The number of rotatable bonds is 10. The Kier molecular flexibility index (Phi) is 7.19. The molecular formula is C24H27NO3. The lowest BCUT2D eigenvalue weighted by molar-refractivity contribution is 0.217. The standard InChI is InChI=1S/C24H27NO3/c1-19-8-6-13-24(16-19)28-20(2)18-25-21-9-7-12-23(17-21)27-15-14-26-22-10-4-3-5-11-22/h3-13,16-17,20,25H,14-15,18H2,1-2H3. The van der Waals surface area contributed by atoms with E-state index in [1.165, 1.54) is 5.56 Å². The van der Waals surface area contributed by atoms with Crippen LogP contribution in [0, 0.1) is 6.92 Å². The second kappa shape index (κ2) is 10.3. The summed E-state index contributed by atoms with van der Waals surface area (Å²) in [7, 11) is 0. The molecule has 0 saturated heterocycles. The van der Waals surface area contributed by atoms with E-state index in [4.69, 9.17) is 14.2 Å². The van der Waals surface area contributed by atoms with Crippen LogP contribution >= 0.6 is 0 Å². The molecule has 3 aromatic carbocycles. The molecule has 0 aromatic heterocycles. The van der Waals surface area contributed by atoms with Crippen molar-refractivity contribution in [2.45, 2.75) is 20.0 Å². The van der Waals surface area contributed by atoms with Gasteiger partial charge in [-0.25, -0.2) is 0 Å². The average molecular weight is 377 g/mol. The molecule has 0 aliphatic rings. The summed E-state index contributed by atoms with van der Waals surface area (Å²) in [5.74, 6) is 2.56. The van der Waals surface area contributed by atoms with E-state index in [0.29, 0.717) is 19.8 Å². The van der Waals surface area contributed by atoms with E-state index < -0.39 is 0 Å². The zero-order valence-corrected chi connectivity index (χ0v) is 16.4. The molecule has 0 heterocycles. The number of hydrogen-bond acceptors (Lipinski definition) is 4. The molecule has 4 nitrogen and oxygen atoms in total. The molecular weight excluding hydrogens is 350 g/mol. The number of anilines is 1. The first-order valence-electron chi connectivity index (χ1n) is 9.57. The minimum Gasteiger partial charge on any atom is -0.490 e. The number of ether oxygens (including phenoxy) is 3. The summed E-state index contributed by atoms with van der Waals surface area (Å²) in [6, 6.07) is 25.8. The quantitative estimate of drug-likeness (QED) is 0.485. The second-order valence-electron chi connectivity index (χ2n) is 6.66. The lowest BCUT2D eigenvalue weighted by Gasteiger charge is -2.17. The van der Waals surface area contributed by atoms with Gasteiger partial charge in [0.2, 0.25) is 0 Å². The van der Waals surface area contributed by atoms with Gasteiger partial charge in [0.25, 0.3) is 0 Å². The van der Waals surface area contributed by atoms with Gasteiger partial charge in [0.1, 0.15) is 36.6 Å². The fourth-order valence-electron chi connectivity index (χ4n) is 2.76. The lowest BCUT2D eigenvalue weighted by Crippen LogP contribution is -2.22. The van der Waals surface area contributed by atoms with Crippen LogP contribution in [0.4, 0.5) is 5.69 Å². The highest BCUT2D eigenvalue weighted by Gasteiger charge is 2.05. The largest absolute Gasteiger partial charge is 0.490 e. The molecule has 1 N–H and O–H groups in total. The molecule has 0 radical (unpaired) electrons. The predicted octanol–water partition coefficient (Wildman–Crippen LogP) is 5.33. The molecule has 0 fully saturated rings. The Hall–Kier alpha value is -3.14. The van der Waals surface area contributed by atoms with Crippen molar-refractivity contribution >= 4 is 5.69 Å². The summed E-state index contributed by atoms with van der Waals surface area (Å²) in [4.78, 5) is 0. The van der Waals surface area contributed by atoms with E-state index in [2.05, 4.69) is 25.2 Å². The molecule has 0 aliphatic heterocycles. The third-order valence-electron chi connectivity index (χ3n) is 4.12. The molecule has 0 aliphatic carbocycles. The fraction of sp³-hybridized carbons (Fsp3) is 0.250. The number of hydrogen-bond donors (Lipinski definition) is 1. The van der Waals surface area contributed by atoms with Crippen LogP contribution < -0.4 is 19.5 Å². The van der Waals surface area contributed by atoms with E-state index in [0.717, 1.165) is 22.9 Å². The van der Waals surface area contributed by atoms with Crippen molar-refractivity contribution in [1.29, 1.82) is 0 Å². The summed E-state index contributed by atoms with van der Waals surface area (Å²) in [6.45, 7) is 5.81. The smallest absolute Gasteiger partial charge is 0.122 e. The minimum absolute atomic E-state index is 0.0469. The van der Waals surface area contributed by atoms with Crippen molar-refractivity contribution in [3.05, 3.63) is 84.4 Å². The van der Waals surface area contributed by atoms with Gasteiger partial charge in [0.15, 0.2) is 0 Å². The summed E-state index contributed by atoms with van der Waals surface area (Å²) in [5.41, 5.74) is 2.19. The Labute approximate surface area is 167 Å². The van der Waals surface area contributed by atoms with Crippen molar-refractivity contribution in [2.24, 2.45) is 0 Å². The van der Waals surface area contributed by atoms with Gasteiger partial charge < -0.3 is 19.5 Å². The Bertz CT molecular complexity index is 851. The first kappa shape index (κ1) is 19.6. The third kappa shape index (κ3) is 6.54. The van der Waals surface area contributed by atoms with Gasteiger partial charge in [-0.05, 0) is 55.8 Å². The molecule has 146 valence electrons. The normalized spacial score (nSPS) is 11.5. The molecule has 1 atom stereocenters. The zero-order valence-electron chi connectivity index (χ0n) is 16.4. The lowest BCUT2D eigenvalue weighted by atomic mass is 10.2. The van der Waals surface area contributed by atoms with Gasteiger partial charge in [-0.2, -0.15) is 0 Å². The molecule has 0 spiro atoms. The molecule has 0 bridgehead atoms. The van der Waals surface area contributed by atoms with Crippen molar-refractivity contribution in [3.63, 3.8) is 0 Å². The Balaban J connectivity index is 1.41. The van der Waals surface area contributed by atoms with E-state index >= 15 is 0 Å². The Morgan fingerprint density at radius 2 is 1.43 bits per heavy atom. The van der Waals surface area contributed by atoms with Gasteiger partial charge >= 0.3 is 0 Å². The average Bonchev–Trinajstić information content (AvgIpc) is 2.71. The molecule has 3 aromatic rings. The van der Waals surface area contributed by atoms with Crippen LogP contribution in [-0.4, -0.2) is 25.9 Å². The number of aryl methyl sites for hydroxylation is 1. The summed E-state index contributed by atoms with van der Waals surface area (Å²) in [6.07, 6.45) is 0.0469. The number of para-hydroxylation sites is 1. The van der Waals surface area contributed by atoms with Crippen molar-refractivity contribution in [3.8, 4) is 17.2 Å². The fourth-order valence-corrected chi connectivity index (χ4v) is 2.76. The van der Waals surface area contributed by atoms with Crippen LogP contribution in [0.2, 0.25) is 0 Å². The van der Waals surface area contributed by atoms with E-state index in [1.807, 2.05) is 72.8 Å². The second-order valence-corrected chi connectivity index (χ2v) is 6.66. The Morgan fingerprint density at radius 3 is 2.21 bits per heavy atom. The van der Waals surface area contributed by atoms with Crippen molar-refractivity contribution in [2.75, 3.05) is 25.1 Å². The molecule has 3 rings (SSSR count). The predicted molar refractivity (Wildman–Crippen MR) is 114 cm³/mol. The SMILES string of the molecule is Cc1cccc(OC(C)CNc2cccc(OCCOc3ccccc3)c2)c1. The third-order valence-corrected chi connectivity index (χ3v) is 4.12. The van der Waals surface area contributed by atoms with Crippen LogP contribution in [-0.2, 0) is 0 Å². The molecule has 1 unspecified atom stereocenters. The van der Waals surface area contributed by atoms with Crippen LogP contribution in [0.1, 0.15) is 12.5 Å². The number of benzene rings is 3. The monoisotopic (exact) mass is 377 g/mol. The highest BCUT2D eigenvalue weighted by molar-refractivity contribution is 5.48. The van der Waals surface area contributed by atoms with Crippen LogP contribution in [0.15, 0.2) is 78.9 Å². The van der Waals surface area contributed by atoms with E-state index in [1.54, 1.807) is 0 Å². The molecule has 28 heavy (non-hydrogen) atoms. The summed E-state index contributed by atoms with van der Waals surface area (Å²) < 4.78 is 17.4. The Morgan fingerprint density at radius 1 is 0.750 bits per heavy atom. The highest BCUT2D eigenvalue weighted by Crippen LogP contribution is 2.18. The maximum Gasteiger partial charge on any atom is 0.122 e. The minimum atomic E-state index is 0.0469.